The van der Waals surface area contributed by atoms with Gasteiger partial charge in [-0.25, -0.2) is 5.31 Å². The van der Waals surface area contributed by atoms with Crippen molar-refractivity contribution in [2.24, 2.45) is 0 Å². The summed E-state index contributed by atoms with van der Waals surface area (Å²) >= 11 is 0. The van der Waals surface area contributed by atoms with E-state index in [0.717, 1.165) is 0 Å². The summed E-state index contributed by atoms with van der Waals surface area (Å²) in [6.45, 7) is 0. The standard InChI is InChI=1S/BH3O3.FHO.Mg.2H/c2-1(3)4;1-2;;;/h2-4H;2H;;;/q;;+2;2*-1. The van der Waals surface area contributed by atoms with Crippen LogP contribution in [-0.4, -0.2) is 50.8 Å². The molecular formula is H6BFMgO4. The van der Waals surface area contributed by atoms with Crippen molar-refractivity contribution >= 4 is 30.4 Å². The third-order valence-corrected chi connectivity index (χ3v) is 0. The van der Waals surface area contributed by atoms with E-state index in [4.69, 9.17) is 24.9 Å². The summed E-state index contributed by atoms with van der Waals surface area (Å²) in [5, 5.41) is 27.0. The van der Waals surface area contributed by atoms with Gasteiger partial charge in [-0.3, -0.25) is 0 Å². The quantitative estimate of drug-likeness (QED) is 0.273. The van der Waals surface area contributed by atoms with Gasteiger partial charge in [0.25, 0.3) is 0 Å². The average Bonchev–Trinajstić information content (AvgIpc) is 1.41. The van der Waals surface area contributed by atoms with Crippen LogP contribution in [0.3, 0.4) is 0 Å². The van der Waals surface area contributed by atoms with Crippen molar-refractivity contribution in [1.29, 1.82) is 0 Å². The van der Waals surface area contributed by atoms with Gasteiger partial charge >= 0.3 is 30.4 Å². The molecule has 0 bridgehead atoms. The first-order valence-electron chi connectivity index (χ1n) is 0.944. The predicted octanol–water partition coefficient (Wildman–Crippen LogP) is -2.34. The molecule has 42 valence electrons. The van der Waals surface area contributed by atoms with Crippen molar-refractivity contribution in [1.82, 2.24) is 0 Å². The third kappa shape index (κ3) is 387. The number of rotatable bonds is 0. The Labute approximate surface area is 58.8 Å². The van der Waals surface area contributed by atoms with E-state index in [1.54, 1.807) is 0 Å². The molecule has 0 fully saturated rings. The summed E-state index contributed by atoms with van der Waals surface area (Å²) in [5.74, 6) is 0. The Morgan fingerprint density at radius 2 is 1.14 bits per heavy atom. The summed E-state index contributed by atoms with van der Waals surface area (Å²) in [6.07, 6.45) is 0. The Bertz CT molecular complexity index is 23.3. The van der Waals surface area contributed by atoms with Gasteiger partial charge in [0.2, 0.25) is 0 Å². The maximum atomic E-state index is 8.50. The van der Waals surface area contributed by atoms with Gasteiger partial charge in [-0.05, 0) is 0 Å². The molecule has 7 heavy (non-hydrogen) atoms. The molecule has 0 aliphatic carbocycles. The molecule has 0 radical (unpaired) electrons. The summed E-state index contributed by atoms with van der Waals surface area (Å²) in [4.78, 5) is 0. The molecule has 0 heterocycles. The van der Waals surface area contributed by atoms with Crippen LogP contribution in [0.15, 0.2) is 0 Å². The van der Waals surface area contributed by atoms with E-state index in [9.17, 15) is 0 Å². The zero-order valence-electron chi connectivity index (χ0n) is 5.45. The van der Waals surface area contributed by atoms with Crippen molar-refractivity contribution in [3.63, 3.8) is 0 Å². The van der Waals surface area contributed by atoms with Gasteiger partial charge < -0.3 is 17.9 Å². The molecule has 0 aromatic heterocycles. The smallest absolute Gasteiger partial charge is 1.00 e. The van der Waals surface area contributed by atoms with Crippen LogP contribution in [0.25, 0.3) is 0 Å². The minimum Gasteiger partial charge on any atom is -1.00 e. The van der Waals surface area contributed by atoms with E-state index in [1.165, 1.54) is 0 Å². The molecule has 4 N–H and O–H groups in total. The molecule has 0 saturated carbocycles. The van der Waals surface area contributed by atoms with E-state index >= 15 is 0 Å². The van der Waals surface area contributed by atoms with E-state index in [1.807, 2.05) is 0 Å². The van der Waals surface area contributed by atoms with Crippen molar-refractivity contribution < 1.29 is 27.8 Å². The van der Waals surface area contributed by atoms with Gasteiger partial charge in [0.05, 0.1) is 0 Å². The van der Waals surface area contributed by atoms with Crippen LogP contribution < -0.4 is 0 Å². The zero-order valence-corrected chi connectivity index (χ0v) is 4.87. The average molecular weight is 124 g/mol. The monoisotopic (exact) mass is 124 g/mol. The molecule has 0 spiro atoms. The fourth-order valence-corrected chi connectivity index (χ4v) is 0. The second-order valence-corrected chi connectivity index (χ2v) is 0.346. The Kier molecular flexibility index (Phi) is 35.7. The molecule has 4 nitrogen and oxygen atoms in total. The van der Waals surface area contributed by atoms with Gasteiger partial charge in [-0.15, -0.1) is 0 Å². The first kappa shape index (κ1) is 15.6. The number of hydrogen-bond donors (Lipinski definition) is 4. The van der Waals surface area contributed by atoms with Gasteiger partial charge in [0.15, 0.2) is 0 Å². The fraction of sp³-hybridized carbons (Fsp3) is 0. The second-order valence-electron chi connectivity index (χ2n) is 0.346. The van der Waals surface area contributed by atoms with E-state index in [-0.39, 0.29) is 25.9 Å². The molecule has 0 aromatic rings. The number of hydrogen-bond acceptors (Lipinski definition) is 4. The third-order valence-electron chi connectivity index (χ3n) is 0. The van der Waals surface area contributed by atoms with Crippen molar-refractivity contribution in [3.8, 4) is 0 Å². The first-order valence-corrected chi connectivity index (χ1v) is 0.944. The molecule has 7 heteroatoms. The van der Waals surface area contributed by atoms with Gasteiger partial charge in [0, 0.05) is 0 Å². The maximum absolute atomic E-state index is 8.50. The summed E-state index contributed by atoms with van der Waals surface area (Å²) in [7, 11) is -2.17. The van der Waals surface area contributed by atoms with Crippen molar-refractivity contribution in [3.05, 3.63) is 0 Å². The van der Waals surface area contributed by atoms with Gasteiger partial charge in [-0.1, -0.05) is 4.53 Å². The van der Waals surface area contributed by atoms with Gasteiger partial charge in [0.1, 0.15) is 0 Å². The van der Waals surface area contributed by atoms with Crippen molar-refractivity contribution in [2.45, 2.75) is 0 Å². The summed E-state index contributed by atoms with van der Waals surface area (Å²) in [5.41, 5.74) is 0. The molecule has 0 aliphatic rings. The van der Waals surface area contributed by atoms with Crippen LogP contribution in [-0.2, 0) is 0 Å². The maximum Gasteiger partial charge on any atom is 2.00 e. The molecule has 0 aliphatic heterocycles. The molecule has 0 saturated heterocycles. The minimum atomic E-state index is -2.17. The Morgan fingerprint density at radius 1 is 1.14 bits per heavy atom. The zero-order chi connectivity index (χ0) is 5.58. The summed E-state index contributed by atoms with van der Waals surface area (Å²) in [6, 6.07) is 0. The van der Waals surface area contributed by atoms with Crippen LogP contribution in [0.4, 0.5) is 4.53 Å². The molecular weight excluding hydrogens is 118 g/mol. The number of halogens is 1. The van der Waals surface area contributed by atoms with E-state index in [0.29, 0.717) is 0 Å². The van der Waals surface area contributed by atoms with Gasteiger partial charge in [-0.2, -0.15) is 0 Å². The van der Waals surface area contributed by atoms with Crippen LogP contribution in [0, 0.1) is 0 Å². The molecule has 0 amide bonds. The Hall–Kier alpha value is 0.601. The molecule has 0 aromatic carbocycles. The largest absolute Gasteiger partial charge is 2.00 e. The predicted molar refractivity (Wildman–Crippen MR) is 23.7 cm³/mol. The second kappa shape index (κ2) is 16.0. The Balaban J connectivity index is -0.00000000990. The molecule has 0 atom stereocenters. The van der Waals surface area contributed by atoms with E-state index < -0.39 is 7.32 Å². The Morgan fingerprint density at radius 3 is 1.14 bits per heavy atom. The van der Waals surface area contributed by atoms with E-state index in [2.05, 4.69) is 0 Å². The molecule has 0 rings (SSSR count). The summed E-state index contributed by atoms with van der Waals surface area (Å²) < 4.78 is 8.50. The van der Waals surface area contributed by atoms with Crippen molar-refractivity contribution in [2.75, 3.05) is 0 Å². The van der Waals surface area contributed by atoms with Crippen LogP contribution >= 0.6 is 0 Å². The van der Waals surface area contributed by atoms with Crippen LogP contribution in [0.5, 0.6) is 0 Å². The van der Waals surface area contributed by atoms with Crippen LogP contribution in [0.1, 0.15) is 2.85 Å². The fourth-order valence-electron chi connectivity index (χ4n) is 0. The minimum absolute atomic E-state index is 0. The van der Waals surface area contributed by atoms with Crippen LogP contribution in [0.2, 0.25) is 0 Å². The topological polar surface area (TPSA) is 80.9 Å². The first-order chi connectivity index (χ1) is 2.73. The SMILES string of the molecule is OB(O)O.OF.[H-].[H-].[Mg+2]. The normalized spacial score (nSPS) is 4.71. The molecule has 0 unspecified atom stereocenters.